The summed E-state index contributed by atoms with van der Waals surface area (Å²) in [5.41, 5.74) is 0. The monoisotopic (exact) mass is 761 g/mol. The predicted octanol–water partition coefficient (Wildman–Crippen LogP) is 17.8. The molecule has 0 aliphatic carbocycles. The maximum absolute atomic E-state index is 11.2. The summed E-state index contributed by atoms with van der Waals surface area (Å²) in [5, 5.41) is 0. The van der Waals surface area contributed by atoms with E-state index in [2.05, 4.69) is 27.0 Å². The van der Waals surface area contributed by atoms with Gasteiger partial charge in [0.05, 0.1) is 12.5 Å². The SMILES string of the molecule is C=COC(=O)CCCCCCCCCCCCCCCCCCCCC.C=COC(=O)CCCCCCCCCCCCCCCCCCCCCCC. The van der Waals surface area contributed by atoms with Crippen molar-refractivity contribution in [1.29, 1.82) is 0 Å². The van der Waals surface area contributed by atoms with Gasteiger partial charge in [-0.3, -0.25) is 9.59 Å². The van der Waals surface area contributed by atoms with Crippen LogP contribution >= 0.6 is 0 Å². The minimum atomic E-state index is -0.146. The van der Waals surface area contributed by atoms with E-state index in [1.807, 2.05) is 0 Å². The Morgan fingerprint density at radius 1 is 0.296 bits per heavy atom. The summed E-state index contributed by atoms with van der Waals surface area (Å²) in [5.74, 6) is -0.292. The van der Waals surface area contributed by atoms with Crippen LogP contribution in [0.15, 0.2) is 25.7 Å². The molecule has 0 aromatic rings. The lowest BCUT2D eigenvalue weighted by molar-refractivity contribution is -0.139. The predicted molar refractivity (Wildman–Crippen MR) is 238 cm³/mol. The van der Waals surface area contributed by atoms with E-state index in [0.717, 1.165) is 25.7 Å². The van der Waals surface area contributed by atoms with Crippen molar-refractivity contribution in [3.63, 3.8) is 0 Å². The molecule has 0 bridgehead atoms. The van der Waals surface area contributed by atoms with Gasteiger partial charge in [0.2, 0.25) is 0 Å². The van der Waals surface area contributed by atoms with Crippen LogP contribution in [0, 0.1) is 0 Å². The molecule has 0 atom stereocenters. The van der Waals surface area contributed by atoms with Crippen LogP contribution in [-0.4, -0.2) is 11.9 Å². The summed E-state index contributed by atoms with van der Waals surface area (Å²) in [6, 6.07) is 0. The molecule has 0 aliphatic heterocycles. The Balaban J connectivity index is 0. The Kier molecular flexibility index (Phi) is 51.9. The van der Waals surface area contributed by atoms with E-state index >= 15 is 0 Å². The van der Waals surface area contributed by atoms with Crippen LogP contribution in [0.4, 0.5) is 0 Å². The maximum Gasteiger partial charge on any atom is 0.310 e. The molecule has 0 aromatic heterocycles. The number of rotatable bonds is 44. The van der Waals surface area contributed by atoms with Crippen molar-refractivity contribution in [2.24, 2.45) is 0 Å². The van der Waals surface area contributed by atoms with E-state index in [9.17, 15) is 9.59 Å². The zero-order valence-electron chi connectivity index (χ0n) is 36.9. The molecule has 0 radical (unpaired) electrons. The Labute approximate surface area is 339 Å². The number of carbonyl (C=O) groups is 2. The van der Waals surface area contributed by atoms with Gasteiger partial charge in [-0.25, -0.2) is 0 Å². The van der Waals surface area contributed by atoms with E-state index in [4.69, 9.17) is 9.47 Å². The largest absolute Gasteiger partial charge is 0.435 e. The molecule has 0 heterocycles. The normalized spacial score (nSPS) is 10.9. The lowest BCUT2D eigenvalue weighted by atomic mass is 10.0. The zero-order chi connectivity index (χ0) is 39.7. The van der Waals surface area contributed by atoms with Gasteiger partial charge in [0.1, 0.15) is 0 Å². The first kappa shape index (κ1) is 54.5. The molecule has 54 heavy (non-hydrogen) atoms. The van der Waals surface area contributed by atoms with Gasteiger partial charge in [0, 0.05) is 12.8 Å². The first-order valence-electron chi connectivity index (χ1n) is 24.2. The van der Waals surface area contributed by atoms with E-state index in [1.54, 1.807) is 0 Å². The second-order valence-corrected chi connectivity index (χ2v) is 16.2. The van der Waals surface area contributed by atoms with Gasteiger partial charge in [0.15, 0.2) is 0 Å². The van der Waals surface area contributed by atoms with Crippen molar-refractivity contribution < 1.29 is 19.1 Å². The molecule has 0 fully saturated rings. The van der Waals surface area contributed by atoms with Crippen molar-refractivity contribution in [1.82, 2.24) is 0 Å². The molecule has 0 saturated heterocycles. The third-order valence-electron chi connectivity index (χ3n) is 10.9. The minimum absolute atomic E-state index is 0.146. The molecule has 0 aliphatic rings. The molecule has 0 aromatic carbocycles. The van der Waals surface area contributed by atoms with Crippen molar-refractivity contribution >= 4 is 11.9 Å². The average Bonchev–Trinajstić information content (AvgIpc) is 3.17. The van der Waals surface area contributed by atoms with Crippen LogP contribution in [0.1, 0.15) is 284 Å². The summed E-state index contributed by atoms with van der Waals surface area (Å²) < 4.78 is 9.41. The lowest BCUT2D eigenvalue weighted by Gasteiger charge is -2.04. The molecule has 4 heteroatoms. The molecule has 320 valence electrons. The highest BCUT2D eigenvalue weighted by atomic mass is 16.5. The fraction of sp³-hybridized carbons (Fsp3) is 0.880. The highest BCUT2D eigenvalue weighted by Crippen LogP contribution is 2.17. The first-order valence-corrected chi connectivity index (χ1v) is 24.2. The first-order chi connectivity index (χ1) is 26.6. The number of unbranched alkanes of at least 4 members (excludes halogenated alkanes) is 38. The van der Waals surface area contributed by atoms with Crippen molar-refractivity contribution in [2.75, 3.05) is 0 Å². The summed E-state index contributed by atoms with van der Waals surface area (Å²) in [6.07, 6.45) is 58.6. The highest BCUT2D eigenvalue weighted by Gasteiger charge is 2.02. The van der Waals surface area contributed by atoms with Gasteiger partial charge < -0.3 is 9.47 Å². The summed E-state index contributed by atoms with van der Waals surface area (Å²) >= 11 is 0. The van der Waals surface area contributed by atoms with Crippen LogP contribution in [0.3, 0.4) is 0 Å². The minimum Gasteiger partial charge on any atom is -0.435 e. The summed E-state index contributed by atoms with van der Waals surface area (Å²) in [6.45, 7) is 11.4. The Hall–Kier alpha value is -1.58. The van der Waals surface area contributed by atoms with Gasteiger partial charge in [-0.2, -0.15) is 0 Å². The van der Waals surface area contributed by atoms with Gasteiger partial charge >= 0.3 is 11.9 Å². The van der Waals surface area contributed by atoms with E-state index in [0.29, 0.717) is 12.8 Å². The number of hydrogen-bond acceptors (Lipinski definition) is 4. The zero-order valence-corrected chi connectivity index (χ0v) is 36.9. The number of esters is 2. The van der Waals surface area contributed by atoms with Gasteiger partial charge in [-0.15, -0.1) is 0 Å². The molecule has 0 rings (SSSR count). The standard InChI is InChI=1S/C26H50O2.C24H46O2/c1-3-5-6-7-8-9-10-11-12-13-14-15-16-17-18-19-20-21-22-23-24-25-26(27)28-4-2;1-3-5-6-7-8-9-10-11-12-13-14-15-16-17-18-19-20-21-22-23-24(25)26-4-2/h4H,2-3,5-25H2,1H3;4H,2-3,5-23H2,1H3. The highest BCUT2D eigenvalue weighted by molar-refractivity contribution is 5.70. The smallest absolute Gasteiger partial charge is 0.310 e. The van der Waals surface area contributed by atoms with E-state index < -0.39 is 0 Å². The Morgan fingerprint density at radius 2 is 0.444 bits per heavy atom. The summed E-state index contributed by atoms with van der Waals surface area (Å²) in [7, 11) is 0. The fourth-order valence-corrected chi connectivity index (χ4v) is 7.35. The number of hydrogen-bond donors (Lipinski definition) is 0. The molecule has 0 amide bonds. The second-order valence-electron chi connectivity index (χ2n) is 16.2. The van der Waals surface area contributed by atoms with E-state index in [1.165, 1.54) is 244 Å². The molecule has 0 spiro atoms. The topological polar surface area (TPSA) is 52.6 Å². The fourth-order valence-electron chi connectivity index (χ4n) is 7.35. The van der Waals surface area contributed by atoms with Crippen LogP contribution in [-0.2, 0) is 19.1 Å². The van der Waals surface area contributed by atoms with E-state index in [-0.39, 0.29) is 11.9 Å². The maximum atomic E-state index is 11.2. The molecule has 0 N–H and O–H groups in total. The average molecular weight is 761 g/mol. The van der Waals surface area contributed by atoms with Crippen LogP contribution in [0.5, 0.6) is 0 Å². The van der Waals surface area contributed by atoms with Crippen LogP contribution in [0.2, 0.25) is 0 Å². The van der Waals surface area contributed by atoms with Gasteiger partial charge in [0.25, 0.3) is 0 Å². The third-order valence-corrected chi connectivity index (χ3v) is 10.9. The van der Waals surface area contributed by atoms with Gasteiger partial charge in [-0.05, 0) is 12.8 Å². The Bertz CT molecular complexity index is 747. The number of ether oxygens (including phenoxy) is 2. The van der Waals surface area contributed by atoms with Crippen molar-refractivity contribution in [2.45, 2.75) is 284 Å². The van der Waals surface area contributed by atoms with Crippen LogP contribution in [0.25, 0.3) is 0 Å². The number of carbonyl (C=O) groups excluding carboxylic acids is 2. The molecular formula is C50H96O4. The van der Waals surface area contributed by atoms with Crippen molar-refractivity contribution in [3.8, 4) is 0 Å². The quantitative estimate of drug-likeness (QED) is 0.0352. The van der Waals surface area contributed by atoms with Crippen LogP contribution < -0.4 is 0 Å². The third kappa shape index (κ3) is 52.5. The molecular weight excluding hydrogens is 665 g/mol. The Morgan fingerprint density at radius 3 is 0.593 bits per heavy atom. The molecule has 0 saturated carbocycles. The lowest BCUT2D eigenvalue weighted by Crippen LogP contribution is -1.98. The van der Waals surface area contributed by atoms with Crippen molar-refractivity contribution in [3.05, 3.63) is 25.7 Å². The molecule has 0 unspecified atom stereocenters. The molecule has 4 nitrogen and oxygen atoms in total. The summed E-state index contributed by atoms with van der Waals surface area (Å²) in [4.78, 5) is 22.3. The second kappa shape index (κ2) is 51.4. The van der Waals surface area contributed by atoms with Gasteiger partial charge in [-0.1, -0.05) is 271 Å².